The van der Waals surface area contributed by atoms with Crippen LogP contribution in [0.1, 0.15) is 23.1 Å². The van der Waals surface area contributed by atoms with Crippen LogP contribution in [0.5, 0.6) is 5.75 Å². The summed E-state index contributed by atoms with van der Waals surface area (Å²) in [7, 11) is 0. The van der Waals surface area contributed by atoms with Crippen LogP contribution in [0.15, 0.2) is 36.4 Å². The van der Waals surface area contributed by atoms with Crippen molar-refractivity contribution in [2.45, 2.75) is 26.7 Å². The fraction of sp³-hybridized carbons (Fsp3) is 0.316. The number of halogens is 2. The van der Waals surface area contributed by atoms with Crippen molar-refractivity contribution in [3.8, 4) is 5.75 Å². The number of rotatable bonds is 7. The average Bonchev–Trinajstić information content (AvgIpc) is 2.56. The average molecular weight is 366 g/mol. The van der Waals surface area contributed by atoms with E-state index >= 15 is 0 Å². The second kappa shape index (κ2) is 8.95. The summed E-state index contributed by atoms with van der Waals surface area (Å²) in [5.74, 6) is 0.514. The molecular formula is C19H21Cl2NO2. The first-order valence-corrected chi connectivity index (χ1v) is 8.62. The molecule has 0 unspecified atom stereocenters. The van der Waals surface area contributed by atoms with Gasteiger partial charge in [0.15, 0.2) is 6.61 Å². The quantitative estimate of drug-likeness (QED) is 0.719. The smallest absolute Gasteiger partial charge is 0.257 e. The van der Waals surface area contributed by atoms with Gasteiger partial charge in [-0.05, 0) is 61.6 Å². The fourth-order valence-corrected chi connectivity index (χ4v) is 2.74. The lowest BCUT2D eigenvalue weighted by molar-refractivity contribution is -0.123. The van der Waals surface area contributed by atoms with Crippen LogP contribution in [0.3, 0.4) is 0 Å². The van der Waals surface area contributed by atoms with E-state index in [0.29, 0.717) is 12.3 Å². The third-order valence-corrected chi connectivity index (χ3v) is 4.65. The highest BCUT2D eigenvalue weighted by molar-refractivity contribution is 6.32. The van der Waals surface area contributed by atoms with E-state index in [1.165, 1.54) is 0 Å². The van der Waals surface area contributed by atoms with E-state index in [2.05, 4.69) is 5.32 Å². The van der Waals surface area contributed by atoms with Crippen LogP contribution in [-0.2, 0) is 11.2 Å². The van der Waals surface area contributed by atoms with E-state index in [4.69, 9.17) is 27.9 Å². The Balaban J connectivity index is 1.71. The van der Waals surface area contributed by atoms with Gasteiger partial charge in [0, 0.05) is 16.6 Å². The van der Waals surface area contributed by atoms with Crippen molar-refractivity contribution >= 4 is 29.1 Å². The highest BCUT2D eigenvalue weighted by Crippen LogP contribution is 2.25. The van der Waals surface area contributed by atoms with Crippen molar-refractivity contribution in [2.75, 3.05) is 13.2 Å². The zero-order chi connectivity index (χ0) is 17.5. The predicted octanol–water partition coefficient (Wildman–Crippen LogP) is 4.74. The molecule has 0 aromatic heterocycles. The van der Waals surface area contributed by atoms with Crippen LogP contribution < -0.4 is 10.1 Å². The number of nitrogens with one attached hydrogen (secondary N) is 1. The molecule has 1 N–H and O–H groups in total. The number of hydrogen-bond donors (Lipinski definition) is 1. The monoisotopic (exact) mass is 365 g/mol. The molecule has 0 saturated heterocycles. The van der Waals surface area contributed by atoms with E-state index in [-0.39, 0.29) is 12.5 Å². The summed E-state index contributed by atoms with van der Waals surface area (Å²) in [6, 6.07) is 11.4. The largest absolute Gasteiger partial charge is 0.484 e. The summed E-state index contributed by atoms with van der Waals surface area (Å²) >= 11 is 12.2. The maximum Gasteiger partial charge on any atom is 0.257 e. The van der Waals surface area contributed by atoms with Crippen molar-refractivity contribution in [3.63, 3.8) is 0 Å². The van der Waals surface area contributed by atoms with Crippen LogP contribution in [0.25, 0.3) is 0 Å². The van der Waals surface area contributed by atoms with Crippen molar-refractivity contribution < 1.29 is 9.53 Å². The van der Waals surface area contributed by atoms with Crippen molar-refractivity contribution in [1.82, 2.24) is 5.32 Å². The summed E-state index contributed by atoms with van der Waals surface area (Å²) < 4.78 is 5.53. The Morgan fingerprint density at radius 3 is 2.46 bits per heavy atom. The van der Waals surface area contributed by atoms with Gasteiger partial charge in [0.25, 0.3) is 5.91 Å². The zero-order valence-corrected chi connectivity index (χ0v) is 15.4. The highest BCUT2D eigenvalue weighted by atomic mass is 35.5. The number of ether oxygens (including phenoxy) is 1. The Hall–Kier alpha value is -1.71. The number of amides is 1. The van der Waals surface area contributed by atoms with Gasteiger partial charge in [-0.2, -0.15) is 0 Å². The first-order valence-electron chi connectivity index (χ1n) is 7.87. The van der Waals surface area contributed by atoms with Gasteiger partial charge in [-0.3, -0.25) is 4.79 Å². The Bertz CT molecular complexity index is 693. The molecule has 0 fully saturated rings. The molecule has 1 amide bonds. The second-order valence-corrected chi connectivity index (χ2v) is 6.49. The molecular weight excluding hydrogens is 345 g/mol. The summed E-state index contributed by atoms with van der Waals surface area (Å²) in [5.41, 5.74) is 2.97. The van der Waals surface area contributed by atoms with Crippen LogP contribution in [0.2, 0.25) is 10.0 Å². The first-order chi connectivity index (χ1) is 11.5. The Morgan fingerprint density at radius 1 is 1.12 bits per heavy atom. The molecule has 2 aromatic rings. The van der Waals surface area contributed by atoms with E-state index in [9.17, 15) is 4.79 Å². The molecule has 3 nitrogen and oxygen atoms in total. The molecule has 24 heavy (non-hydrogen) atoms. The molecule has 0 aliphatic rings. The Morgan fingerprint density at radius 2 is 1.79 bits per heavy atom. The molecule has 0 bridgehead atoms. The van der Waals surface area contributed by atoms with E-state index in [1.807, 2.05) is 50.2 Å². The standard InChI is InChI=1S/C19H21Cl2NO2/c1-13-10-16(11-14(2)19(13)21)24-12-18(23)22-9-5-7-15-6-3-4-8-17(15)20/h3-4,6,8,10-11H,5,7,9,12H2,1-2H3,(H,22,23). The van der Waals surface area contributed by atoms with Crippen molar-refractivity contribution in [2.24, 2.45) is 0 Å². The molecule has 2 rings (SSSR count). The summed E-state index contributed by atoms with van der Waals surface area (Å²) in [6.07, 6.45) is 1.66. The molecule has 0 saturated carbocycles. The Kier molecular flexibility index (Phi) is 6.95. The van der Waals surface area contributed by atoms with Gasteiger partial charge in [0.05, 0.1) is 0 Å². The predicted molar refractivity (Wildman–Crippen MR) is 99.2 cm³/mol. The van der Waals surface area contributed by atoms with Crippen molar-refractivity contribution in [3.05, 3.63) is 63.1 Å². The lowest BCUT2D eigenvalue weighted by Crippen LogP contribution is -2.29. The molecule has 0 aliphatic carbocycles. The molecule has 5 heteroatoms. The van der Waals surface area contributed by atoms with Gasteiger partial charge in [-0.25, -0.2) is 0 Å². The van der Waals surface area contributed by atoms with Gasteiger partial charge in [-0.1, -0.05) is 41.4 Å². The third-order valence-electron chi connectivity index (χ3n) is 3.68. The summed E-state index contributed by atoms with van der Waals surface area (Å²) in [6.45, 7) is 4.41. The van der Waals surface area contributed by atoms with Gasteiger partial charge >= 0.3 is 0 Å². The van der Waals surface area contributed by atoms with Crippen molar-refractivity contribution in [1.29, 1.82) is 0 Å². The highest BCUT2D eigenvalue weighted by Gasteiger charge is 2.06. The van der Waals surface area contributed by atoms with Crippen LogP contribution in [-0.4, -0.2) is 19.1 Å². The van der Waals surface area contributed by atoms with E-state index < -0.39 is 0 Å². The van der Waals surface area contributed by atoms with E-state index in [0.717, 1.165) is 39.6 Å². The zero-order valence-electron chi connectivity index (χ0n) is 13.9. The maximum atomic E-state index is 11.8. The topological polar surface area (TPSA) is 38.3 Å². The minimum Gasteiger partial charge on any atom is -0.484 e. The molecule has 0 atom stereocenters. The molecule has 0 heterocycles. The van der Waals surface area contributed by atoms with Gasteiger partial charge in [0.2, 0.25) is 0 Å². The van der Waals surface area contributed by atoms with Gasteiger partial charge in [0.1, 0.15) is 5.75 Å². The van der Waals surface area contributed by atoms with E-state index in [1.54, 1.807) is 0 Å². The van der Waals surface area contributed by atoms with Crippen LogP contribution >= 0.6 is 23.2 Å². The third kappa shape index (κ3) is 5.43. The number of hydrogen-bond acceptors (Lipinski definition) is 2. The Labute approximate surface area is 152 Å². The molecule has 128 valence electrons. The minimum atomic E-state index is -0.139. The molecule has 0 radical (unpaired) electrons. The normalized spacial score (nSPS) is 10.5. The second-order valence-electron chi connectivity index (χ2n) is 5.70. The maximum absolute atomic E-state index is 11.8. The lowest BCUT2D eigenvalue weighted by Gasteiger charge is -2.10. The van der Waals surface area contributed by atoms with Crippen LogP contribution in [0.4, 0.5) is 0 Å². The fourth-order valence-electron chi connectivity index (χ4n) is 2.40. The number of benzene rings is 2. The number of aryl methyl sites for hydroxylation is 3. The lowest BCUT2D eigenvalue weighted by atomic mass is 10.1. The SMILES string of the molecule is Cc1cc(OCC(=O)NCCCc2ccccc2Cl)cc(C)c1Cl. The molecule has 0 spiro atoms. The summed E-state index contributed by atoms with van der Waals surface area (Å²) in [5, 5.41) is 4.34. The van der Waals surface area contributed by atoms with Crippen LogP contribution in [0, 0.1) is 13.8 Å². The molecule has 2 aromatic carbocycles. The van der Waals surface area contributed by atoms with Gasteiger partial charge < -0.3 is 10.1 Å². The number of carbonyl (C=O) groups is 1. The summed E-state index contributed by atoms with van der Waals surface area (Å²) in [4.78, 5) is 11.8. The minimum absolute atomic E-state index is 0.00734. The first kappa shape index (κ1) is 18.6. The number of carbonyl (C=O) groups excluding carboxylic acids is 1. The molecule has 0 aliphatic heterocycles. The van der Waals surface area contributed by atoms with Gasteiger partial charge in [-0.15, -0.1) is 0 Å².